The second-order valence-electron chi connectivity index (χ2n) is 15.4. The van der Waals surface area contributed by atoms with E-state index in [2.05, 4.69) is 194 Å². The number of hydrogen-bond donors (Lipinski definition) is 0. The van der Waals surface area contributed by atoms with Gasteiger partial charge in [0.25, 0.3) is 0 Å². The zero-order valence-corrected chi connectivity index (χ0v) is 33.8. The molecule has 0 spiro atoms. The summed E-state index contributed by atoms with van der Waals surface area (Å²) < 4.78 is 2.43. The first-order valence-corrected chi connectivity index (χ1v) is 21.4. The molecule has 12 rings (SSSR count). The highest BCUT2D eigenvalue weighted by atomic mass is 32.1. The van der Waals surface area contributed by atoms with E-state index < -0.39 is 0 Å². The molecule has 0 aliphatic heterocycles. The van der Waals surface area contributed by atoms with E-state index >= 15 is 0 Å². The van der Waals surface area contributed by atoms with Gasteiger partial charge in [0.1, 0.15) is 0 Å². The largest absolute Gasteiger partial charge is 0.208 e. The highest BCUT2D eigenvalue weighted by molar-refractivity contribution is 7.26. The van der Waals surface area contributed by atoms with Gasteiger partial charge in [-0.25, -0.2) is 15.0 Å². The minimum Gasteiger partial charge on any atom is -0.208 e. The van der Waals surface area contributed by atoms with Crippen LogP contribution in [0, 0.1) is 0 Å². The Morgan fingerprint density at radius 3 is 1.16 bits per heavy atom. The molecule has 0 atom stereocenters. The third-order valence-electron chi connectivity index (χ3n) is 12.0. The van der Waals surface area contributed by atoms with Crippen LogP contribution in [0.3, 0.4) is 0 Å². The Bertz CT molecular complexity index is 3650. The van der Waals surface area contributed by atoms with Crippen molar-refractivity contribution in [1.29, 1.82) is 0 Å². The van der Waals surface area contributed by atoms with Crippen molar-refractivity contribution in [2.24, 2.45) is 0 Å². The summed E-state index contributed by atoms with van der Waals surface area (Å²) in [4.78, 5) is 15.7. The summed E-state index contributed by atoms with van der Waals surface area (Å²) in [6.45, 7) is 0. The minimum absolute atomic E-state index is 0.649. The number of aromatic nitrogens is 3. The standard InChI is InChI=1S/C57H35N3S/c1-3-16-36(17-4-1)38-30-31-45(40-21-8-7-20-39(38)40)46-32-33-47(42-23-10-9-22-41(42)46)48-34-35-51(44-25-12-11-24-43(44)48)56-58-55(37-18-5-2-6-19-37)59-57(60-56)52-28-15-27-50-49-26-13-14-29-53(49)61-54(50)52/h1-35H. The first-order valence-electron chi connectivity index (χ1n) is 20.6. The zero-order valence-electron chi connectivity index (χ0n) is 33.0. The van der Waals surface area contributed by atoms with Gasteiger partial charge >= 0.3 is 0 Å². The van der Waals surface area contributed by atoms with Gasteiger partial charge in [0.15, 0.2) is 17.5 Å². The average Bonchev–Trinajstić information content (AvgIpc) is 3.73. The molecule has 2 heterocycles. The fraction of sp³-hybridized carbons (Fsp3) is 0. The maximum Gasteiger partial charge on any atom is 0.165 e. The lowest BCUT2D eigenvalue weighted by Gasteiger charge is -2.17. The number of thiophene rings is 1. The Kier molecular flexibility index (Phi) is 8.36. The van der Waals surface area contributed by atoms with Crippen LogP contribution >= 0.6 is 11.3 Å². The van der Waals surface area contributed by atoms with Crippen molar-refractivity contribution in [2.45, 2.75) is 0 Å². The molecule has 0 aliphatic rings. The summed E-state index contributed by atoms with van der Waals surface area (Å²) in [5, 5.41) is 9.61. The topological polar surface area (TPSA) is 38.7 Å². The molecule has 0 radical (unpaired) electrons. The van der Waals surface area contributed by atoms with E-state index in [0.29, 0.717) is 17.5 Å². The number of hydrogen-bond acceptors (Lipinski definition) is 4. The van der Waals surface area contributed by atoms with E-state index in [1.807, 2.05) is 18.2 Å². The fourth-order valence-corrected chi connectivity index (χ4v) is 10.4. The highest BCUT2D eigenvalue weighted by Crippen LogP contribution is 2.44. The van der Waals surface area contributed by atoms with Gasteiger partial charge in [-0.2, -0.15) is 0 Å². The van der Waals surface area contributed by atoms with Crippen molar-refractivity contribution >= 4 is 63.8 Å². The van der Waals surface area contributed by atoms with E-state index in [1.165, 1.54) is 75.1 Å². The Morgan fingerprint density at radius 2 is 0.607 bits per heavy atom. The number of rotatable bonds is 6. The number of benzene rings is 10. The van der Waals surface area contributed by atoms with Crippen molar-refractivity contribution in [1.82, 2.24) is 15.0 Å². The summed E-state index contributed by atoms with van der Waals surface area (Å²) in [6, 6.07) is 75.9. The van der Waals surface area contributed by atoms with Crippen LogP contribution in [0.4, 0.5) is 0 Å². The third-order valence-corrected chi connectivity index (χ3v) is 13.2. The van der Waals surface area contributed by atoms with Crippen LogP contribution < -0.4 is 0 Å². The fourth-order valence-electron chi connectivity index (χ4n) is 9.16. The molecule has 284 valence electrons. The lowest BCUT2D eigenvalue weighted by Crippen LogP contribution is -2.01. The van der Waals surface area contributed by atoms with Gasteiger partial charge in [-0.1, -0.05) is 194 Å². The van der Waals surface area contributed by atoms with Crippen LogP contribution in [-0.4, -0.2) is 15.0 Å². The van der Waals surface area contributed by atoms with Gasteiger partial charge in [-0.05, 0) is 83.9 Å². The quantitative estimate of drug-likeness (QED) is 0.168. The van der Waals surface area contributed by atoms with E-state index in [0.717, 1.165) is 27.5 Å². The molecule has 10 aromatic carbocycles. The molecule has 2 aromatic heterocycles. The molecule has 0 saturated carbocycles. The van der Waals surface area contributed by atoms with Crippen LogP contribution in [0.5, 0.6) is 0 Å². The van der Waals surface area contributed by atoms with E-state index in [9.17, 15) is 0 Å². The Balaban J connectivity index is 1.03. The van der Waals surface area contributed by atoms with Crippen molar-refractivity contribution in [3.63, 3.8) is 0 Å². The molecule has 0 aliphatic carbocycles. The van der Waals surface area contributed by atoms with Crippen LogP contribution in [0.1, 0.15) is 0 Å². The normalized spacial score (nSPS) is 11.6. The number of fused-ring (bicyclic) bond motifs is 6. The third kappa shape index (κ3) is 5.91. The molecule has 4 heteroatoms. The molecule has 0 bridgehead atoms. The smallest absolute Gasteiger partial charge is 0.165 e. The predicted molar refractivity (Wildman–Crippen MR) is 258 cm³/mol. The van der Waals surface area contributed by atoms with Crippen LogP contribution in [-0.2, 0) is 0 Å². The first kappa shape index (κ1) is 35.2. The average molecular weight is 794 g/mol. The van der Waals surface area contributed by atoms with Gasteiger partial charge < -0.3 is 0 Å². The van der Waals surface area contributed by atoms with Crippen LogP contribution in [0.15, 0.2) is 212 Å². The van der Waals surface area contributed by atoms with Crippen molar-refractivity contribution in [3.8, 4) is 67.5 Å². The van der Waals surface area contributed by atoms with Crippen molar-refractivity contribution in [2.75, 3.05) is 0 Å². The minimum atomic E-state index is 0.649. The Labute approximate surface area is 356 Å². The Morgan fingerprint density at radius 1 is 0.230 bits per heavy atom. The second kappa shape index (κ2) is 14.5. The van der Waals surface area contributed by atoms with E-state index in [4.69, 9.17) is 15.0 Å². The molecular weight excluding hydrogens is 759 g/mol. The van der Waals surface area contributed by atoms with Crippen LogP contribution in [0.2, 0.25) is 0 Å². The summed E-state index contributed by atoms with van der Waals surface area (Å²) in [6.07, 6.45) is 0. The van der Waals surface area contributed by atoms with Gasteiger partial charge in [-0.3, -0.25) is 0 Å². The maximum absolute atomic E-state index is 5.30. The van der Waals surface area contributed by atoms with Gasteiger partial charge in [0.2, 0.25) is 0 Å². The lowest BCUT2D eigenvalue weighted by molar-refractivity contribution is 1.08. The maximum atomic E-state index is 5.30. The highest BCUT2D eigenvalue weighted by Gasteiger charge is 2.20. The summed E-state index contributed by atoms with van der Waals surface area (Å²) in [7, 11) is 0. The molecule has 3 nitrogen and oxygen atoms in total. The van der Waals surface area contributed by atoms with E-state index in [-0.39, 0.29) is 0 Å². The number of nitrogens with zero attached hydrogens (tertiary/aromatic N) is 3. The first-order chi connectivity index (χ1) is 30.3. The second-order valence-corrected chi connectivity index (χ2v) is 16.5. The van der Waals surface area contributed by atoms with E-state index in [1.54, 1.807) is 11.3 Å². The molecular formula is C57H35N3S. The molecule has 12 aromatic rings. The van der Waals surface area contributed by atoms with Gasteiger partial charge in [0, 0.05) is 36.9 Å². The molecule has 0 amide bonds. The van der Waals surface area contributed by atoms with Crippen molar-refractivity contribution in [3.05, 3.63) is 212 Å². The zero-order chi connectivity index (χ0) is 40.3. The van der Waals surface area contributed by atoms with Gasteiger partial charge in [0.05, 0.1) is 0 Å². The monoisotopic (exact) mass is 793 g/mol. The van der Waals surface area contributed by atoms with Crippen molar-refractivity contribution < 1.29 is 0 Å². The SMILES string of the molecule is c1ccc(-c2nc(-c3ccc(-c4ccc(-c5ccc(-c6ccccc6)c6ccccc56)c5ccccc45)c4ccccc34)nc(-c3cccc4c3sc3ccccc34)n2)cc1. The molecule has 61 heavy (non-hydrogen) atoms. The van der Waals surface area contributed by atoms with Crippen LogP contribution in [0.25, 0.3) is 120 Å². The lowest BCUT2D eigenvalue weighted by atomic mass is 9.87. The molecule has 0 fully saturated rings. The molecule has 0 unspecified atom stereocenters. The predicted octanol–water partition coefficient (Wildman–Crippen LogP) is 15.7. The summed E-state index contributed by atoms with van der Waals surface area (Å²) >= 11 is 1.79. The Hall–Kier alpha value is -7.79. The molecule has 0 saturated heterocycles. The van der Waals surface area contributed by atoms with Gasteiger partial charge in [-0.15, -0.1) is 11.3 Å². The molecule has 0 N–H and O–H groups in total. The summed E-state index contributed by atoms with van der Waals surface area (Å²) in [5.41, 5.74) is 10.2. The summed E-state index contributed by atoms with van der Waals surface area (Å²) in [5.74, 6) is 1.97.